The Morgan fingerprint density at radius 2 is 1.60 bits per heavy atom. The summed E-state index contributed by atoms with van der Waals surface area (Å²) in [7, 11) is 0. The van der Waals surface area contributed by atoms with Gasteiger partial charge in [-0.15, -0.1) is 0 Å². The van der Waals surface area contributed by atoms with E-state index in [0.717, 1.165) is 22.3 Å². The number of carboxylic acid groups (broad SMARTS) is 1. The van der Waals surface area contributed by atoms with Crippen molar-refractivity contribution in [3.63, 3.8) is 0 Å². The van der Waals surface area contributed by atoms with Gasteiger partial charge in [0.05, 0.1) is 0 Å². The summed E-state index contributed by atoms with van der Waals surface area (Å²) in [4.78, 5) is 23.6. The van der Waals surface area contributed by atoms with Crippen molar-refractivity contribution < 1.29 is 19.4 Å². The molecule has 0 amide bonds. The van der Waals surface area contributed by atoms with Crippen LogP contribution in [0.5, 0.6) is 0 Å². The highest BCUT2D eigenvalue weighted by Gasteiger charge is 2.35. The molecule has 0 radical (unpaired) electrons. The van der Waals surface area contributed by atoms with Gasteiger partial charge in [-0.25, -0.2) is 0 Å². The molecular formula is C20H21NO4. The lowest BCUT2D eigenvalue weighted by Crippen LogP contribution is -2.41. The summed E-state index contributed by atoms with van der Waals surface area (Å²) in [6.45, 7) is 1.85. The molecular weight excluding hydrogens is 318 g/mol. The summed E-state index contributed by atoms with van der Waals surface area (Å²) in [6, 6.07) is 15.2. The minimum atomic E-state index is -1.34. The summed E-state index contributed by atoms with van der Waals surface area (Å²) in [5, 5.41) is 9.27. The quantitative estimate of drug-likeness (QED) is 0.624. The topological polar surface area (TPSA) is 89.6 Å². The number of ether oxygens (including phenoxy) is 1. The van der Waals surface area contributed by atoms with Crippen LogP contribution in [0.1, 0.15) is 30.4 Å². The zero-order valence-corrected chi connectivity index (χ0v) is 14.0. The molecule has 1 aliphatic rings. The Balaban J connectivity index is 1.82. The third kappa shape index (κ3) is 3.15. The zero-order chi connectivity index (χ0) is 18.0. The Hall–Kier alpha value is -2.66. The van der Waals surface area contributed by atoms with Crippen molar-refractivity contribution in [2.24, 2.45) is 11.7 Å². The molecule has 3 N–H and O–H groups in total. The molecule has 0 saturated heterocycles. The monoisotopic (exact) mass is 339 g/mol. The molecule has 2 aromatic carbocycles. The lowest BCUT2D eigenvalue weighted by molar-refractivity contribution is -0.159. The molecule has 3 rings (SSSR count). The number of hydrogen-bond donors (Lipinski definition) is 2. The third-order valence-corrected chi connectivity index (χ3v) is 4.77. The van der Waals surface area contributed by atoms with E-state index < -0.39 is 23.9 Å². The van der Waals surface area contributed by atoms with Crippen molar-refractivity contribution in [2.75, 3.05) is 6.61 Å². The summed E-state index contributed by atoms with van der Waals surface area (Å²) in [5.41, 5.74) is 10.2. The molecule has 2 atom stereocenters. The average Bonchev–Trinajstić information content (AvgIpc) is 2.93. The number of hydrogen-bond acceptors (Lipinski definition) is 4. The third-order valence-electron chi connectivity index (χ3n) is 4.77. The molecule has 0 unspecified atom stereocenters. The second kappa shape index (κ2) is 7.07. The number of nitrogens with two attached hydrogens (primary N) is 1. The molecule has 5 heteroatoms. The first-order chi connectivity index (χ1) is 12.0. The van der Waals surface area contributed by atoms with Gasteiger partial charge < -0.3 is 15.6 Å². The fraction of sp³-hybridized carbons (Fsp3) is 0.300. The van der Waals surface area contributed by atoms with Gasteiger partial charge in [-0.3, -0.25) is 9.59 Å². The Bertz CT molecular complexity index is 756. The highest BCUT2D eigenvalue weighted by molar-refractivity contribution is 5.94. The number of aliphatic carboxylic acids is 1. The standard InChI is InChI=1S/C20H21NO4/c1-2-17(21)18(19(22)23)20(24)25-11-16-14-9-5-3-7-12(14)13-8-4-6-10-15(13)16/h3-10,16-18H,2,11,21H2,1H3,(H,22,23)/t17-,18-/m0/s1. The summed E-state index contributed by atoms with van der Waals surface area (Å²) in [6.07, 6.45) is 0.390. The maximum absolute atomic E-state index is 12.3. The highest BCUT2D eigenvalue weighted by Crippen LogP contribution is 2.44. The molecule has 0 aromatic heterocycles. The molecule has 130 valence electrons. The van der Waals surface area contributed by atoms with E-state index in [2.05, 4.69) is 0 Å². The normalized spacial score (nSPS) is 15.1. The van der Waals surface area contributed by atoms with Gasteiger partial charge in [0, 0.05) is 12.0 Å². The molecule has 0 saturated carbocycles. The van der Waals surface area contributed by atoms with E-state index >= 15 is 0 Å². The summed E-state index contributed by atoms with van der Waals surface area (Å²) < 4.78 is 5.39. The lowest BCUT2D eigenvalue weighted by Gasteiger charge is -2.19. The zero-order valence-electron chi connectivity index (χ0n) is 14.0. The van der Waals surface area contributed by atoms with Crippen LogP contribution in [0, 0.1) is 5.92 Å². The molecule has 5 nitrogen and oxygen atoms in total. The fourth-order valence-electron chi connectivity index (χ4n) is 3.39. The SMILES string of the molecule is CC[C@H](N)[C@@H](C(=O)O)C(=O)OCC1c2ccccc2-c2ccccc21. The minimum absolute atomic E-state index is 0.0938. The summed E-state index contributed by atoms with van der Waals surface area (Å²) >= 11 is 0. The van der Waals surface area contributed by atoms with Crippen molar-refractivity contribution in [3.05, 3.63) is 59.7 Å². The van der Waals surface area contributed by atoms with Crippen LogP contribution in [0.4, 0.5) is 0 Å². The van der Waals surface area contributed by atoms with Gasteiger partial charge in [-0.1, -0.05) is 55.5 Å². The van der Waals surface area contributed by atoms with Crippen molar-refractivity contribution in [1.82, 2.24) is 0 Å². The predicted octanol–water partition coefficient (Wildman–Crippen LogP) is 2.78. The molecule has 0 aliphatic heterocycles. The van der Waals surface area contributed by atoms with Gasteiger partial charge in [-0.05, 0) is 28.7 Å². The Kier molecular flexibility index (Phi) is 4.86. The molecule has 0 fully saturated rings. The smallest absolute Gasteiger partial charge is 0.321 e. The van der Waals surface area contributed by atoms with Gasteiger partial charge >= 0.3 is 11.9 Å². The molecule has 2 aromatic rings. The number of esters is 1. The Morgan fingerprint density at radius 3 is 2.08 bits per heavy atom. The van der Waals surface area contributed by atoms with Gasteiger partial charge in [0.1, 0.15) is 6.61 Å². The van der Waals surface area contributed by atoms with Crippen LogP contribution in [-0.4, -0.2) is 29.7 Å². The first-order valence-corrected chi connectivity index (χ1v) is 8.37. The van der Waals surface area contributed by atoms with E-state index in [1.165, 1.54) is 0 Å². The Morgan fingerprint density at radius 1 is 1.08 bits per heavy atom. The van der Waals surface area contributed by atoms with Crippen molar-refractivity contribution in [2.45, 2.75) is 25.3 Å². The molecule has 0 heterocycles. The van der Waals surface area contributed by atoms with Gasteiger partial charge in [0.15, 0.2) is 5.92 Å². The van der Waals surface area contributed by atoms with Crippen LogP contribution < -0.4 is 5.73 Å². The van der Waals surface area contributed by atoms with Crippen LogP contribution >= 0.6 is 0 Å². The second-order valence-electron chi connectivity index (χ2n) is 6.25. The lowest BCUT2D eigenvalue weighted by atomic mass is 9.97. The van der Waals surface area contributed by atoms with E-state index in [1.54, 1.807) is 6.92 Å². The number of rotatable bonds is 6. The molecule has 0 bridgehead atoms. The average molecular weight is 339 g/mol. The van der Waals surface area contributed by atoms with Gasteiger partial charge in [0.2, 0.25) is 0 Å². The Labute approximate surface area is 146 Å². The van der Waals surface area contributed by atoms with E-state index in [9.17, 15) is 14.7 Å². The first-order valence-electron chi connectivity index (χ1n) is 8.37. The van der Waals surface area contributed by atoms with Crippen LogP contribution in [0.2, 0.25) is 0 Å². The number of carbonyl (C=O) groups excluding carboxylic acids is 1. The van der Waals surface area contributed by atoms with Gasteiger partial charge in [-0.2, -0.15) is 0 Å². The molecule has 0 spiro atoms. The summed E-state index contributed by atoms with van der Waals surface area (Å²) in [5.74, 6) is -3.45. The minimum Gasteiger partial charge on any atom is -0.481 e. The predicted molar refractivity (Wildman–Crippen MR) is 94.1 cm³/mol. The van der Waals surface area contributed by atoms with Crippen LogP contribution in [0.25, 0.3) is 11.1 Å². The van der Waals surface area contributed by atoms with Crippen LogP contribution in [-0.2, 0) is 14.3 Å². The first kappa shape index (κ1) is 17.2. The number of carbonyl (C=O) groups is 2. The number of carboxylic acids is 1. The molecule has 1 aliphatic carbocycles. The second-order valence-corrected chi connectivity index (χ2v) is 6.25. The fourth-order valence-corrected chi connectivity index (χ4v) is 3.39. The maximum Gasteiger partial charge on any atom is 0.321 e. The van der Waals surface area contributed by atoms with E-state index in [4.69, 9.17) is 10.5 Å². The van der Waals surface area contributed by atoms with E-state index in [-0.39, 0.29) is 12.5 Å². The van der Waals surface area contributed by atoms with Crippen LogP contribution in [0.3, 0.4) is 0 Å². The van der Waals surface area contributed by atoms with Crippen molar-refractivity contribution in [1.29, 1.82) is 0 Å². The van der Waals surface area contributed by atoms with E-state index in [0.29, 0.717) is 6.42 Å². The number of benzene rings is 2. The van der Waals surface area contributed by atoms with Crippen molar-refractivity contribution in [3.8, 4) is 11.1 Å². The maximum atomic E-state index is 12.3. The highest BCUT2D eigenvalue weighted by atomic mass is 16.5. The van der Waals surface area contributed by atoms with Gasteiger partial charge in [0.25, 0.3) is 0 Å². The van der Waals surface area contributed by atoms with Crippen LogP contribution in [0.15, 0.2) is 48.5 Å². The largest absolute Gasteiger partial charge is 0.481 e. The molecule has 25 heavy (non-hydrogen) atoms. The number of fused-ring (bicyclic) bond motifs is 3. The van der Waals surface area contributed by atoms with E-state index in [1.807, 2.05) is 48.5 Å². The van der Waals surface area contributed by atoms with Crippen molar-refractivity contribution >= 4 is 11.9 Å².